The third-order valence-corrected chi connectivity index (χ3v) is 4.69. The molecule has 2 heterocycles. The molecular weight excluding hydrogens is 357 g/mol. The van der Waals surface area contributed by atoms with Crippen LogP contribution in [0.1, 0.15) is 27.5 Å². The number of hydrogen-bond donors (Lipinski definition) is 1. The van der Waals surface area contributed by atoms with Crippen molar-refractivity contribution in [2.45, 2.75) is 13.0 Å². The second kappa shape index (κ2) is 7.60. The number of nitrogens with zero attached hydrogens (tertiary/aromatic N) is 2. The van der Waals surface area contributed by atoms with Gasteiger partial charge in [-0.2, -0.15) is 0 Å². The first-order valence-corrected chi connectivity index (χ1v) is 8.87. The van der Waals surface area contributed by atoms with Gasteiger partial charge in [0, 0.05) is 11.9 Å². The highest BCUT2D eigenvalue weighted by Gasteiger charge is 2.16. The van der Waals surface area contributed by atoms with E-state index in [2.05, 4.69) is 40.4 Å². The number of aryl methyl sites for hydroxylation is 1. The number of aromatic nitrogens is 1. The fraction of sp³-hybridized carbons (Fsp3) is 0.136. The lowest BCUT2D eigenvalue weighted by atomic mass is 9.95. The van der Waals surface area contributed by atoms with Crippen LogP contribution in [-0.4, -0.2) is 23.9 Å². The van der Waals surface area contributed by atoms with Gasteiger partial charge in [-0.15, -0.1) is 0 Å². The molecule has 4 rings (SSSR count). The van der Waals surface area contributed by atoms with Crippen molar-refractivity contribution in [3.63, 3.8) is 0 Å². The summed E-state index contributed by atoms with van der Waals surface area (Å²) in [5.74, 6) is -1.16. The SMILES string of the molecule is Cc1ccc(C2COC=N2)cc1-c1ccc(NC(=O)c2ccncc2F)cc1. The monoisotopic (exact) mass is 375 g/mol. The minimum atomic E-state index is -0.650. The van der Waals surface area contributed by atoms with E-state index in [1.54, 1.807) is 12.1 Å². The van der Waals surface area contributed by atoms with E-state index in [0.29, 0.717) is 12.3 Å². The summed E-state index contributed by atoms with van der Waals surface area (Å²) in [5.41, 5.74) is 4.91. The van der Waals surface area contributed by atoms with Crippen LogP contribution in [0.15, 0.2) is 65.9 Å². The molecule has 3 aromatic rings. The zero-order valence-corrected chi connectivity index (χ0v) is 15.2. The molecule has 0 fully saturated rings. The minimum Gasteiger partial charge on any atom is -0.481 e. The smallest absolute Gasteiger partial charge is 0.258 e. The van der Waals surface area contributed by atoms with E-state index in [0.717, 1.165) is 28.5 Å². The molecule has 0 saturated carbocycles. The Labute approximate surface area is 161 Å². The van der Waals surface area contributed by atoms with Crippen molar-refractivity contribution in [2.75, 3.05) is 11.9 Å². The molecule has 6 heteroatoms. The number of hydrogen-bond acceptors (Lipinski definition) is 4. The summed E-state index contributed by atoms with van der Waals surface area (Å²) < 4.78 is 18.9. The van der Waals surface area contributed by atoms with Crippen LogP contribution in [0.5, 0.6) is 0 Å². The van der Waals surface area contributed by atoms with Gasteiger partial charge >= 0.3 is 0 Å². The molecule has 1 amide bonds. The van der Waals surface area contributed by atoms with Crippen molar-refractivity contribution in [3.05, 3.63) is 83.4 Å². The molecule has 1 N–H and O–H groups in total. The molecule has 28 heavy (non-hydrogen) atoms. The summed E-state index contributed by atoms with van der Waals surface area (Å²) in [6.07, 6.45) is 3.90. The molecule has 1 atom stereocenters. The van der Waals surface area contributed by atoms with Crippen LogP contribution >= 0.6 is 0 Å². The molecule has 1 aliphatic rings. The van der Waals surface area contributed by atoms with Crippen LogP contribution < -0.4 is 5.32 Å². The predicted molar refractivity (Wildman–Crippen MR) is 106 cm³/mol. The maximum atomic E-state index is 13.7. The molecule has 1 aliphatic heterocycles. The fourth-order valence-electron chi connectivity index (χ4n) is 3.12. The standard InChI is InChI=1S/C22H18FN3O2/c1-14-2-3-16(21-12-28-13-25-21)10-19(14)15-4-6-17(7-5-15)26-22(27)18-8-9-24-11-20(18)23/h2-11,13,21H,12H2,1H3,(H,26,27). The molecule has 0 bridgehead atoms. The Morgan fingerprint density at radius 3 is 2.71 bits per heavy atom. The third-order valence-electron chi connectivity index (χ3n) is 4.69. The number of carbonyl (C=O) groups excluding carboxylic acids is 1. The highest BCUT2D eigenvalue weighted by molar-refractivity contribution is 6.04. The van der Waals surface area contributed by atoms with Gasteiger partial charge < -0.3 is 10.1 Å². The highest BCUT2D eigenvalue weighted by Crippen LogP contribution is 2.30. The molecule has 0 aliphatic carbocycles. The van der Waals surface area contributed by atoms with Crippen LogP contribution in [0.25, 0.3) is 11.1 Å². The number of carbonyl (C=O) groups is 1. The molecule has 0 radical (unpaired) electrons. The Bertz CT molecular complexity index is 1050. The number of amides is 1. The topological polar surface area (TPSA) is 63.6 Å². The van der Waals surface area contributed by atoms with Gasteiger partial charge in [-0.3, -0.25) is 9.78 Å². The maximum Gasteiger partial charge on any atom is 0.258 e. The number of aliphatic imine (C=N–C) groups is 1. The second-order valence-corrected chi connectivity index (χ2v) is 6.56. The van der Waals surface area contributed by atoms with Crippen molar-refractivity contribution in [3.8, 4) is 11.1 Å². The first-order valence-electron chi connectivity index (χ1n) is 8.87. The Balaban J connectivity index is 1.55. The first-order chi connectivity index (χ1) is 13.6. The molecule has 140 valence electrons. The Morgan fingerprint density at radius 2 is 2.00 bits per heavy atom. The van der Waals surface area contributed by atoms with Crippen LogP contribution in [0.2, 0.25) is 0 Å². The van der Waals surface area contributed by atoms with Gasteiger partial charge in [-0.1, -0.05) is 24.3 Å². The second-order valence-electron chi connectivity index (χ2n) is 6.56. The molecule has 1 aromatic heterocycles. The van der Waals surface area contributed by atoms with Gasteiger partial charge in [-0.25, -0.2) is 9.38 Å². The van der Waals surface area contributed by atoms with E-state index in [1.807, 2.05) is 12.1 Å². The van der Waals surface area contributed by atoms with E-state index in [-0.39, 0.29) is 11.6 Å². The van der Waals surface area contributed by atoms with Crippen LogP contribution in [0.4, 0.5) is 10.1 Å². The van der Waals surface area contributed by atoms with Crippen molar-refractivity contribution < 1.29 is 13.9 Å². The molecule has 2 aromatic carbocycles. The third kappa shape index (κ3) is 3.62. The van der Waals surface area contributed by atoms with Crippen LogP contribution in [0, 0.1) is 12.7 Å². The highest BCUT2D eigenvalue weighted by atomic mass is 19.1. The van der Waals surface area contributed by atoms with Gasteiger partial charge in [0.15, 0.2) is 12.2 Å². The number of anilines is 1. The van der Waals surface area contributed by atoms with Gasteiger partial charge in [0.25, 0.3) is 5.91 Å². The molecule has 0 saturated heterocycles. The normalized spacial score (nSPS) is 15.3. The quantitative estimate of drug-likeness (QED) is 0.728. The van der Waals surface area contributed by atoms with Gasteiger partial charge in [0.2, 0.25) is 0 Å². The summed E-state index contributed by atoms with van der Waals surface area (Å²) in [5, 5.41) is 2.71. The summed E-state index contributed by atoms with van der Waals surface area (Å²) >= 11 is 0. The maximum absolute atomic E-state index is 13.7. The molecule has 1 unspecified atom stereocenters. The first kappa shape index (κ1) is 17.9. The van der Waals surface area contributed by atoms with Gasteiger partial charge in [-0.05, 0) is 53.4 Å². The van der Waals surface area contributed by atoms with E-state index >= 15 is 0 Å². The van der Waals surface area contributed by atoms with Gasteiger partial charge in [0.05, 0.1) is 11.8 Å². The van der Waals surface area contributed by atoms with E-state index in [4.69, 9.17) is 4.74 Å². The summed E-state index contributed by atoms with van der Waals surface area (Å²) in [7, 11) is 0. The van der Waals surface area contributed by atoms with Crippen molar-refractivity contribution in [2.24, 2.45) is 4.99 Å². The van der Waals surface area contributed by atoms with E-state index < -0.39 is 11.7 Å². The lowest BCUT2D eigenvalue weighted by molar-refractivity contribution is 0.102. The number of halogens is 1. The molecule has 0 spiro atoms. The molecule has 5 nitrogen and oxygen atoms in total. The zero-order valence-electron chi connectivity index (χ0n) is 15.2. The predicted octanol–water partition coefficient (Wildman–Crippen LogP) is 4.55. The van der Waals surface area contributed by atoms with Gasteiger partial charge in [0.1, 0.15) is 12.6 Å². The van der Waals surface area contributed by atoms with Crippen molar-refractivity contribution in [1.29, 1.82) is 0 Å². The number of ether oxygens (including phenoxy) is 1. The van der Waals surface area contributed by atoms with E-state index in [9.17, 15) is 9.18 Å². The fourth-order valence-corrected chi connectivity index (χ4v) is 3.12. The Hall–Kier alpha value is -3.54. The number of benzene rings is 2. The average Bonchev–Trinajstić information content (AvgIpc) is 3.24. The Kier molecular flexibility index (Phi) is 4.85. The summed E-state index contributed by atoms with van der Waals surface area (Å²) in [6.45, 7) is 2.61. The van der Waals surface area contributed by atoms with E-state index in [1.165, 1.54) is 18.7 Å². The van der Waals surface area contributed by atoms with Crippen molar-refractivity contribution in [1.82, 2.24) is 4.98 Å². The molecular formula is C22H18FN3O2. The Morgan fingerprint density at radius 1 is 1.18 bits per heavy atom. The van der Waals surface area contributed by atoms with Crippen molar-refractivity contribution >= 4 is 18.0 Å². The number of rotatable bonds is 4. The number of pyridine rings is 1. The summed E-state index contributed by atoms with van der Waals surface area (Å²) in [6, 6.07) is 15.1. The largest absolute Gasteiger partial charge is 0.481 e. The lowest BCUT2D eigenvalue weighted by Gasteiger charge is -2.12. The summed E-state index contributed by atoms with van der Waals surface area (Å²) in [4.78, 5) is 20.2. The number of nitrogens with one attached hydrogen (secondary N) is 1. The minimum absolute atomic E-state index is 0.0215. The lowest BCUT2D eigenvalue weighted by Crippen LogP contribution is -2.13. The zero-order chi connectivity index (χ0) is 19.5. The van der Waals surface area contributed by atoms with Crippen LogP contribution in [0.3, 0.4) is 0 Å². The average molecular weight is 375 g/mol. The van der Waals surface area contributed by atoms with Crippen LogP contribution in [-0.2, 0) is 4.74 Å².